The maximum atomic E-state index is 12.2. The lowest BCUT2D eigenvalue weighted by Crippen LogP contribution is -2.25. The van der Waals surface area contributed by atoms with Gasteiger partial charge in [0.15, 0.2) is 0 Å². The predicted molar refractivity (Wildman–Crippen MR) is 59.3 cm³/mol. The lowest BCUT2D eigenvalue weighted by atomic mass is 10.2. The maximum Gasteiger partial charge on any atom is 0.255 e. The van der Waals surface area contributed by atoms with Crippen molar-refractivity contribution in [3.63, 3.8) is 0 Å². The zero-order valence-electron chi connectivity index (χ0n) is 8.25. The largest absolute Gasteiger partial charge is 0.392 e. The Balaban J connectivity index is 2.94. The van der Waals surface area contributed by atoms with E-state index in [9.17, 15) is 8.78 Å². The molecule has 0 radical (unpaired) electrons. The predicted octanol–water partition coefficient (Wildman–Crippen LogP) is 2.64. The van der Waals surface area contributed by atoms with Crippen LogP contribution in [0.2, 0.25) is 0 Å². The van der Waals surface area contributed by atoms with E-state index in [-0.39, 0.29) is 13.2 Å². The van der Waals surface area contributed by atoms with Gasteiger partial charge in [0.2, 0.25) is 0 Å². The molecule has 2 nitrogen and oxygen atoms in total. The Kier molecular flexibility index (Phi) is 4.47. The third-order valence-corrected chi connectivity index (χ3v) is 2.53. The number of aliphatic hydroxyl groups excluding tert-OH is 1. The first kappa shape index (κ1) is 12.4. The van der Waals surface area contributed by atoms with E-state index in [2.05, 4.69) is 15.9 Å². The molecule has 1 aromatic rings. The highest BCUT2D eigenvalue weighted by Gasteiger charge is 2.12. The highest BCUT2D eigenvalue weighted by atomic mass is 79.9. The van der Waals surface area contributed by atoms with E-state index in [1.807, 2.05) is 0 Å². The van der Waals surface area contributed by atoms with Crippen molar-refractivity contribution in [1.29, 1.82) is 0 Å². The van der Waals surface area contributed by atoms with Gasteiger partial charge in [-0.1, -0.05) is 22.0 Å². The number of benzene rings is 1. The van der Waals surface area contributed by atoms with Crippen molar-refractivity contribution in [3.8, 4) is 0 Å². The van der Waals surface area contributed by atoms with Crippen molar-refractivity contribution < 1.29 is 13.9 Å². The first-order valence-electron chi connectivity index (χ1n) is 4.43. The Morgan fingerprint density at radius 1 is 1.47 bits per heavy atom. The van der Waals surface area contributed by atoms with Crippen molar-refractivity contribution in [3.05, 3.63) is 28.2 Å². The highest BCUT2D eigenvalue weighted by Crippen LogP contribution is 2.24. The van der Waals surface area contributed by atoms with Crippen molar-refractivity contribution in [2.24, 2.45) is 0 Å². The molecule has 0 aliphatic heterocycles. The monoisotopic (exact) mass is 279 g/mol. The molecule has 0 spiro atoms. The molecule has 0 aliphatic carbocycles. The second kappa shape index (κ2) is 5.42. The second-order valence-corrected chi connectivity index (χ2v) is 4.12. The zero-order chi connectivity index (χ0) is 11.4. The number of alkyl halides is 2. The molecule has 0 bridgehead atoms. The van der Waals surface area contributed by atoms with Crippen molar-refractivity contribution in [2.75, 3.05) is 18.5 Å². The molecule has 0 aliphatic rings. The third-order valence-electron chi connectivity index (χ3n) is 2.04. The summed E-state index contributed by atoms with van der Waals surface area (Å²) in [4.78, 5) is 1.43. The highest BCUT2D eigenvalue weighted by molar-refractivity contribution is 9.10. The molecule has 0 saturated heterocycles. The minimum Gasteiger partial charge on any atom is -0.392 e. The van der Waals surface area contributed by atoms with Crippen LogP contribution in [0.3, 0.4) is 0 Å². The molecule has 84 valence electrons. The summed E-state index contributed by atoms with van der Waals surface area (Å²) in [5.74, 6) is 0. The SMILES string of the molecule is CN(CC(F)F)c1cc(Br)ccc1CO. The number of anilines is 1. The number of rotatable bonds is 4. The van der Waals surface area contributed by atoms with Gasteiger partial charge < -0.3 is 10.0 Å². The van der Waals surface area contributed by atoms with E-state index in [1.165, 1.54) is 4.90 Å². The van der Waals surface area contributed by atoms with Crippen LogP contribution >= 0.6 is 15.9 Å². The summed E-state index contributed by atoms with van der Waals surface area (Å²) < 4.78 is 25.2. The van der Waals surface area contributed by atoms with Gasteiger partial charge in [0.1, 0.15) is 0 Å². The Morgan fingerprint density at radius 3 is 2.67 bits per heavy atom. The van der Waals surface area contributed by atoms with E-state index in [0.29, 0.717) is 11.3 Å². The molecule has 0 amide bonds. The molecule has 1 rings (SSSR count). The summed E-state index contributed by atoms with van der Waals surface area (Å²) >= 11 is 3.26. The topological polar surface area (TPSA) is 23.5 Å². The minimum absolute atomic E-state index is 0.157. The zero-order valence-corrected chi connectivity index (χ0v) is 9.84. The Labute approximate surface area is 95.6 Å². The molecule has 0 atom stereocenters. The normalized spacial score (nSPS) is 10.8. The Bertz CT molecular complexity index is 333. The van der Waals surface area contributed by atoms with E-state index < -0.39 is 6.43 Å². The lowest BCUT2D eigenvalue weighted by molar-refractivity contribution is 0.156. The van der Waals surface area contributed by atoms with Gasteiger partial charge in [-0.05, 0) is 12.1 Å². The molecule has 1 N–H and O–H groups in total. The molecule has 0 saturated carbocycles. The van der Waals surface area contributed by atoms with Crippen LogP contribution in [-0.2, 0) is 6.61 Å². The molecule has 0 heterocycles. The second-order valence-electron chi connectivity index (χ2n) is 3.20. The van der Waals surface area contributed by atoms with Gasteiger partial charge >= 0.3 is 0 Å². The Hall–Kier alpha value is -0.680. The number of hydrogen-bond donors (Lipinski definition) is 1. The summed E-state index contributed by atoms with van der Waals surface area (Å²) in [7, 11) is 1.58. The molecule has 0 fully saturated rings. The van der Waals surface area contributed by atoms with Gasteiger partial charge in [0.05, 0.1) is 13.2 Å². The van der Waals surface area contributed by atoms with Crippen molar-refractivity contribution >= 4 is 21.6 Å². The summed E-state index contributed by atoms with van der Waals surface area (Å²) in [5, 5.41) is 9.06. The van der Waals surface area contributed by atoms with E-state index >= 15 is 0 Å². The average Bonchev–Trinajstić information content (AvgIpc) is 2.16. The van der Waals surface area contributed by atoms with Crippen LogP contribution in [0.15, 0.2) is 22.7 Å². The standard InChI is InChI=1S/C10H12BrF2NO/c1-14(5-10(12)13)9-4-8(11)3-2-7(9)6-15/h2-4,10,15H,5-6H2,1H3. The molecular formula is C10H12BrF2NO. The Morgan fingerprint density at radius 2 is 2.13 bits per heavy atom. The van der Waals surface area contributed by atoms with Gasteiger partial charge in [-0.15, -0.1) is 0 Å². The van der Waals surface area contributed by atoms with E-state index in [1.54, 1.807) is 25.2 Å². The van der Waals surface area contributed by atoms with Crippen LogP contribution in [0.1, 0.15) is 5.56 Å². The number of halogens is 3. The first-order valence-corrected chi connectivity index (χ1v) is 5.22. The number of aliphatic hydroxyl groups is 1. The van der Waals surface area contributed by atoms with Crippen LogP contribution in [0.4, 0.5) is 14.5 Å². The third kappa shape index (κ3) is 3.43. The molecule has 0 unspecified atom stereocenters. The minimum atomic E-state index is -2.39. The summed E-state index contributed by atoms with van der Waals surface area (Å²) in [6.45, 7) is -0.500. The van der Waals surface area contributed by atoms with Gasteiger partial charge in [-0.3, -0.25) is 0 Å². The molecule has 0 aromatic heterocycles. The summed E-state index contributed by atoms with van der Waals surface area (Å²) in [6, 6.07) is 5.20. The summed E-state index contributed by atoms with van der Waals surface area (Å²) in [5.41, 5.74) is 1.26. The first-order chi connectivity index (χ1) is 7.04. The van der Waals surface area contributed by atoms with Crippen LogP contribution in [0, 0.1) is 0 Å². The number of hydrogen-bond acceptors (Lipinski definition) is 2. The number of nitrogens with zero attached hydrogens (tertiary/aromatic N) is 1. The van der Waals surface area contributed by atoms with Gasteiger partial charge in [0, 0.05) is 22.8 Å². The van der Waals surface area contributed by atoms with Crippen molar-refractivity contribution in [1.82, 2.24) is 0 Å². The van der Waals surface area contributed by atoms with Crippen LogP contribution in [0.25, 0.3) is 0 Å². The molecule has 15 heavy (non-hydrogen) atoms. The van der Waals surface area contributed by atoms with Crippen LogP contribution in [0.5, 0.6) is 0 Å². The van der Waals surface area contributed by atoms with E-state index in [4.69, 9.17) is 5.11 Å². The maximum absolute atomic E-state index is 12.2. The smallest absolute Gasteiger partial charge is 0.255 e. The molecular weight excluding hydrogens is 268 g/mol. The summed E-state index contributed by atoms with van der Waals surface area (Å²) in [6.07, 6.45) is -2.39. The van der Waals surface area contributed by atoms with E-state index in [0.717, 1.165) is 4.47 Å². The van der Waals surface area contributed by atoms with Gasteiger partial charge in [0.25, 0.3) is 6.43 Å². The molecule has 1 aromatic carbocycles. The lowest BCUT2D eigenvalue weighted by Gasteiger charge is -2.21. The van der Waals surface area contributed by atoms with Gasteiger partial charge in [-0.2, -0.15) is 0 Å². The fraction of sp³-hybridized carbons (Fsp3) is 0.400. The fourth-order valence-electron chi connectivity index (χ4n) is 1.33. The van der Waals surface area contributed by atoms with Crippen LogP contribution < -0.4 is 4.90 Å². The van der Waals surface area contributed by atoms with Gasteiger partial charge in [-0.25, -0.2) is 8.78 Å². The quantitative estimate of drug-likeness (QED) is 0.916. The van der Waals surface area contributed by atoms with Crippen LogP contribution in [-0.4, -0.2) is 25.1 Å². The van der Waals surface area contributed by atoms with Crippen molar-refractivity contribution in [2.45, 2.75) is 13.0 Å². The fourth-order valence-corrected chi connectivity index (χ4v) is 1.68. The molecule has 5 heteroatoms. The average molecular weight is 280 g/mol.